The lowest BCUT2D eigenvalue weighted by Crippen LogP contribution is -2.39. The van der Waals surface area contributed by atoms with Gasteiger partial charge in [0.15, 0.2) is 54.6 Å². The third kappa shape index (κ3) is 4.59. The van der Waals surface area contributed by atoms with Gasteiger partial charge in [0.05, 0.1) is 23.0 Å². The van der Waals surface area contributed by atoms with E-state index in [-0.39, 0.29) is 70.2 Å². The Labute approximate surface area is 217 Å². The fraction of sp³-hybridized carbons (Fsp3) is 0.500. The van der Waals surface area contributed by atoms with Crippen molar-refractivity contribution in [2.24, 2.45) is 23.7 Å². The van der Waals surface area contributed by atoms with Gasteiger partial charge in [0.2, 0.25) is 11.8 Å². The standard InChI is InChI=1S/C24H24N2O10S2/c27-19-13-5-15-16(22(30)18(21(15)29)24(32)26-8-12-2-4-38(35,36)10-12)6-14(13)20(28)17(19)23(31)25-7-11-1-3-37(33,34)9-11/h5-6,11-12,17-18H,1-4,7-10H2,(H,25,31)(H,26,32). The van der Waals surface area contributed by atoms with Crippen LogP contribution >= 0.6 is 0 Å². The van der Waals surface area contributed by atoms with Crippen LogP contribution in [0.15, 0.2) is 12.1 Å². The molecule has 5 rings (SSSR count). The topological polar surface area (TPSA) is 195 Å². The molecule has 0 aromatic heterocycles. The number of hydrogen-bond donors (Lipinski definition) is 2. The summed E-state index contributed by atoms with van der Waals surface area (Å²) in [6, 6.07) is 2.14. The fourth-order valence-electron chi connectivity index (χ4n) is 5.51. The van der Waals surface area contributed by atoms with Gasteiger partial charge in [0, 0.05) is 35.3 Å². The molecule has 14 heteroatoms. The molecule has 38 heavy (non-hydrogen) atoms. The van der Waals surface area contributed by atoms with E-state index in [0.29, 0.717) is 12.8 Å². The number of carbonyl (C=O) groups excluding carboxylic acids is 6. The Morgan fingerprint density at radius 2 is 0.947 bits per heavy atom. The van der Waals surface area contributed by atoms with Crippen LogP contribution in [0.4, 0.5) is 0 Å². The van der Waals surface area contributed by atoms with Crippen molar-refractivity contribution in [3.63, 3.8) is 0 Å². The average molecular weight is 565 g/mol. The maximum atomic E-state index is 13.0. The first-order chi connectivity index (χ1) is 17.8. The predicted molar refractivity (Wildman–Crippen MR) is 130 cm³/mol. The van der Waals surface area contributed by atoms with E-state index in [4.69, 9.17) is 0 Å². The molecule has 4 aliphatic rings. The summed E-state index contributed by atoms with van der Waals surface area (Å²) in [5, 5.41) is 4.94. The lowest BCUT2D eigenvalue weighted by molar-refractivity contribution is -0.123. The summed E-state index contributed by atoms with van der Waals surface area (Å²) < 4.78 is 46.4. The van der Waals surface area contributed by atoms with Gasteiger partial charge < -0.3 is 10.6 Å². The second-order valence-corrected chi connectivity index (χ2v) is 14.8. The quantitative estimate of drug-likeness (QED) is 0.395. The number of hydrogen-bond acceptors (Lipinski definition) is 10. The minimum Gasteiger partial charge on any atom is -0.355 e. The molecule has 0 saturated carbocycles. The molecule has 0 radical (unpaired) electrons. The molecule has 2 saturated heterocycles. The molecule has 2 atom stereocenters. The largest absolute Gasteiger partial charge is 0.355 e. The molecule has 2 amide bonds. The van der Waals surface area contributed by atoms with E-state index in [9.17, 15) is 45.6 Å². The molecule has 2 unspecified atom stereocenters. The van der Waals surface area contributed by atoms with Crippen molar-refractivity contribution in [3.8, 4) is 0 Å². The van der Waals surface area contributed by atoms with Crippen LogP contribution < -0.4 is 10.6 Å². The zero-order chi connectivity index (χ0) is 27.6. The summed E-state index contributed by atoms with van der Waals surface area (Å²) in [7, 11) is -6.34. The van der Waals surface area contributed by atoms with E-state index >= 15 is 0 Å². The molecule has 12 nitrogen and oxygen atoms in total. The smallest absolute Gasteiger partial charge is 0.238 e. The molecule has 202 valence electrons. The normalized spacial score (nSPS) is 26.0. The summed E-state index contributed by atoms with van der Waals surface area (Å²) >= 11 is 0. The van der Waals surface area contributed by atoms with Gasteiger partial charge in [-0.3, -0.25) is 28.8 Å². The third-order valence-corrected chi connectivity index (χ3v) is 11.3. The van der Waals surface area contributed by atoms with Gasteiger partial charge in [-0.15, -0.1) is 0 Å². The highest BCUT2D eigenvalue weighted by atomic mass is 32.2. The highest BCUT2D eigenvalue weighted by molar-refractivity contribution is 7.91. The predicted octanol–water partition coefficient (Wildman–Crippen LogP) is -1.22. The molecule has 0 spiro atoms. The Kier molecular flexibility index (Phi) is 6.37. The van der Waals surface area contributed by atoms with Crippen molar-refractivity contribution >= 4 is 54.6 Å². The minimum atomic E-state index is -3.17. The van der Waals surface area contributed by atoms with E-state index in [2.05, 4.69) is 10.6 Å². The molecule has 2 fully saturated rings. The van der Waals surface area contributed by atoms with Gasteiger partial charge >= 0.3 is 0 Å². The van der Waals surface area contributed by atoms with E-state index in [1.165, 1.54) is 0 Å². The number of rotatable bonds is 6. The third-order valence-electron chi connectivity index (χ3n) is 7.58. The number of amides is 2. The van der Waals surface area contributed by atoms with Crippen LogP contribution in [0.5, 0.6) is 0 Å². The zero-order valence-electron chi connectivity index (χ0n) is 20.0. The summed E-state index contributed by atoms with van der Waals surface area (Å²) in [5.41, 5.74) is -0.794. The van der Waals surface area contributed by atoms with Gasteiger partial charge in [-0.25, -0.2) is 16.8 Å². The number of benzene rings is 1. The number of carbonyl (C=O) groups is 6. The number of ketones is 4. The van der Waals surface area contributed by atoms with Crippen LogP contribution in [0, 0.1) is 23.7 Å². The molecule has 0 bridgehead atoms. The molecule has 2 aliphatic carbocycles. The van der Waals surface area contributed by atoms with Crippen LogP contribution in [0.1, 0.15) is 54.3 Å². The maximum absolute atomic E-state index is 13.0. The Bertz CT molecular complexity index is 1380. The lowest BCUT2D eigenvalue weighted by atomic mass is 10.0. The Balaban J connectivity index is 1.28. The van der Waals surface area contributed by atoms with E-state index in [0.717, 1.165) is 12.1 Å². The van der Waals surface area contributed by atoms with Crippen molar-refractivity contribution in [1.29, 1.82) is 0 Å². The Morgan fingerprint density at radius 3 is 1.21 bits per heavy atom. The van der Waals surface area contributed by atoms with E-state index in [1.54, 1.807) is 0 Å². The average Bonchev–Trinajstić information content (AvgIpc) is 3.53. The highest BCUT2D eigenvalue weighted by Crippen LogP contribution is 2.35. The second kappa shape index (κ2) is 9.19. The van der Waals surface area contributed by atoms with Gasteiger partial charge in [0.1, 0.15) is 0 Å². The van der Waals surface area contributed by atoms with Crippen molar-refractivity contribution < 1.29 is 45.6 Å². The van der Waals surface area contributed by atoms with Crippen molar-refractivity contribution in [1.82, 2.24) is 10.6 Å². The monoisotopic (exact) mass is 564 g/mol. The van der Waals surface area contributed by atoms with Crippen molar-refractivity contribution in [3.05, 3.63) is 34.4 Å². The fourth-order valence-corrected chi connectivity index (χ4v) is 9.24. The Morgan fingerprint density at radius 1 is 0.632 bits per heavy atom. The van der Waals surface area contributed by atoms with Crippen LogP contribution in [-0.4, -0.2) is 87.9 Å². The number of Topliss-reactive ketones (excluding diaryl/α,β-unsaturated/α-hetero) is 4. The van der Waals surface area contributed by atoms with Crippen LogP contribution in [-0.2, 0) is 29.3 Å². The Hall–Kier alpha value is -3.26. The van der Waals surface area contributed by atoms with Crippen molar-refractivity contribution in [2.75, 3.05) is 36.1 Å². The zero-order valence-corrected chi connectivity index (χ0v) is 21.7. The van der Waals surface area contributed by atoms with E-state index < -0.39 is 66.5 Å². The number of fused-ring (bicyclic) bond motifs is 2. The SMILES string of the molecule is O=C(NCC1CCS(=O)(=O)C1)C1C(=O)c2cc3c(cc2C1=O)C(=O)C(C(=O)NCC1CCS(=O)(=O)C1)C3=O. The molecule has 1 aromatic rings. The summed E-state index contributed by atoms with van der Waals surface area (Å²) in [6.07, 6.45) is 0.724. The second-order valence-electron chi connectivity index (χ2n) is 10.3. The first-order valence-corrected chi connectivity index (χ1v) is 15.7. The maximum Gasteiger partial charge on any atom is 0.238 e. The molecular weight excluding hydrogens is 540 g/mol. The first-order valence-electron chi connectivity index (χ1n) is 12.1. The van der Waals surface area contributed by atoms with Crippen molar-refractivity contribution in [2.45, 2.75) is 12.8 Å². The summed E-state index contributed by atoms with van der Waals surface area (Å²) in [4.78, 5) is 77.1. The molecular formula is C24H24N2O10S2. The van der Waals surface area contributed by atoms with Gasteiger partial charge in [-0.2, -0.15) is 0 Å². The molecule has 1 aromatic carbocycles. The highest BCUT2D eigenvalue weighted by Gasteiger charge is 2.49. The molecule has 2 heterocycles. The summed E-state index contributed by atoms with van der Waals surface area (Å²) in [5.74, 6) is -9.39. The van der Waals surface area contributed by atoms with E-state index in [1.807, 2.05) is 0 Å². The van der Waals surface area contributed by atoms with Gasteiger partial charge in [-0.1, -0.05) is 0 Å². The van der Waals surface area contributed by atoms with Crippen LogP contribution in [0.3, 0.4) is 0 Å². The van der Waals surface area contributed by atoms with Crippen LogP contribution in [0.25, 0.3) is 0 Å². The first kappa shape index (κ1) is 26.4. The molecule has 2 aliphatic heterocycles. The lowest BCUT2D eigenvalue weighted by Gasteiger charge is -2.12. The molecule has 2 N–H and O–H groups in total. The van der Waals surface area contributed by atoms with Gasteiger partial charge in [0.25, 0.3) is 0 Å². The van der Waals surface area contributed by atoms with Crippen LogP contribution in [0.2, 0.25) is 0 Å². The number of nitrogens with one attached hydrogen (secondary N) is 2. The number of sulfone groups is 2. The van der Waals surface area contributed by atoms with Gasteiger partial charge in [-0.05, 0) is 36.8 Å². The minimum absolute atomic E-state index is 0.00931. The summed E-state index contributed by atoms with van der Waals surface area (Å²) in [6.45, 7) is -0.0228.